The van der Waals surface area contributed by atoms with Crippen LogP contribution in [0.1, 0.15) is 111 Å². The predicted molar refractivity (Wildman–Crippen MR) is 158 cm³/mol. The normalized spacial score (nSPS) is 43.4. The number of hydrogen-bond donors (Lipinski definition) is 3. The van der Waals surface area contributed by atoms with Crippen LogP contribution in [0.2, 0.25) is 0 Å². The summed E-state index contributed by atoms with van der Waals surface area (Å²) in [5.74, 6) is 3.18. The van der Waals surface area contributed by atoms with Crippen LogP contribution in [0.5, 0.6) is 0 Å². The van der Waals surface area contributed by atoms with Gasteiger partial charge in [0.1, 0.15) is 0 Å². The second-order valence-corrected chi connectivity index (χ2v) is 15.3. The Bertz CT molecular complexity index is 1010. The van der Waals surface area contributed by atoms with Crippen molar-refractivity contribution in [1.82, 2.24) is 10.3 Å². The number of amides is 1. The van der Waals surface area contributed by atoms with Gasteiger partial charge in [0.2, 0.25) is 5.91 Å². The molecule has 4 aliphatic rings. The Balaban J connectivity index is 1.29. The van der Waals surface area contributed by atoms with Crippen molar-refractivity contribution in [2.45, 2.75) is 123 Å². The van der Waals surface area contributed by atoms with Crippen molar-refractivity contribution in [3.63, 3.8) is 0 Å². The van der Waals surface area contributed by atoms with Crippen LogP contribution in [0, 0.1) is 45.8 Å². The van der Waals surface area contributed by atoms with Gasteiger partial charge in [-0.1, -0.05) is 40.2 Å². The maximum atomic E-state index is 13.8. The van der Waals surface area contributed by atoms with Gasteiger partial charge in [0.05, 0.1) is 11.5 Å². The molecule has 0 saturated heterocycles. The third-order valence-electron chi connectivity index (χ3n) is 13.0. The fourth-order valence-electron chi connectivity index (χ4n) is 10.4. The number of rotatable bonds is 7. The van der Waals surface area contributed by atoms with Crippen molar-refractivity contribution in [2.75, 3.05) is 6.54 Å². The van der Waals surface area contributed by atoms with Crippen molar-refractivity contribution < 1.29 is 9.90 Å². The standard InChI is InChI=1S/C34H55N3O2/c1-23-10-11-25-26(32(23,4)18-13-28-31(2,3)17-14-29(38)33(28,5)35)12-19-34(16-6-9-27(25)34)30(39)37-21-15-24-8-7-20-36-22-24/h7-8,20,22-23,25-29,38H,6,9-19,21,35H2,1-5H3,(H,37,39). The molecule has 0 radical (unpaired) electrons. The smallest absolute Gasteiger partial charge is 0.226 e. The first-order chi connectivity index (χ1) is 18.4. The molecule has 5 rings (SSSR count). The molecule has 4 aliphatic carbocycles. The highest BCUT2D eigenvalue weighted by molar-refractivity contribution is 5.83. The van der Waals surface area contributed by atoms with Gasteiger partial charge in [0, 0.05) is 24.5 Å². The summed E-state index contributed by atoms with van der Waals surface area (Å²) in [5.41, 5.74) is 7.77. The van der Waals surface area contributed by atoms with E-state index in [2.05, 4.69) is 51.0 Å². The van der Waals surface area contributed by atoms with Crippen molar-refractivity contribution in [3.8, 4) is 0 Å². The van der Waals surface area contributed by atoms with Gasteiger partial charge < -0.3 is 16.2 Å². The predicted octanol–water partition coefficient (Wildman–Crippen LogP) is 6.28. The average molecular weight is 538 g/mol. The van der Waals surface area contributed by atoms with Crippen molar-refractivity contribution >= 4 is 5.91 Å². The quantitative estimate of drug-likeness (QED) is 0.382. The monoisotopic (exact) mass is 537 g/mol. The van der Waals surface area contributed by atoms with E-state index in [1.54, 1.807) is 6.20 Å². The van der Waals surface area contributed by atoms with Gasteiger partial charge in [-0.05, 0) is 130 Å². The topological polar surface area (TPSA) is 88.2 Å². The molecule has 4 saturated carbocycles. The second kappa shape index (κ2) is 10.7. The Morgan fingerprint density at radius 3 is 2.62 bits per heavy atom. The molecule has 4 fully saturated rings. The van der Waals surface area contributed by atoms with E-state index in [-0.39, 0.29) is 16.2 Å². The van der Waals surface area contributed by atoms with Gasteiger partial charge in [-0.2, -0.15) is 0 Å². The number of nitrogens with zero attached hydrogens (tertiary/aromatic N) is 1. The summed E-state index contributed by atoms with van der Waals surface area (Å²) in [6.07, 6.45) is 16.5. The zero-order valence-corrected chi connectivity index (χ0v) is 25.3. The van der Waals surface area contributed by atoms with Gasteiger partial charge in [-0.15, -0.1) is 0 Å². The maximum absolute atomic E-state index is 13.8. The third kappa shape index (κ3) is 5.09. The summed E-state index contributed by atoms with van der Waals surface area (Å²) in [6, 6.07) is 4.06. The van der Waals surface area contributed by atoms with E-state index in [1.165, 1.54) is 44.1 Å². The lowest BCUT2D eigenvalue weighted by Gasteiger charge is -2.59. The van der Waals surface area contributed by atoms with Crippen molar-refractivity contribution in [3.05, 3.63) is 30.1 Å². The van der Waals surface area contributed by atoms with Crippen LogP contribution >= 0.6 is 0 Å². The number of carbonyl (C=O) groups excluding carboxylic acids is 1. The Morgan fingerprint density at radius 2 is 1.87 bits per heavy atom. The van der Waals surface area contributed by atoms with Gasteiger partial charge in [-0.3, -0.25) is 9.78 Å². The molecule has 4 N–H and O–H groups in total. The number of hydrogen-bond acceptors (Lipinski definition) is 4. The Labute approximate surface area is 237 Å². The first kappa shape index (κ1) is 29.0. The van der Waals surface area contributed by atoms with E-state index in [0.29, 0.717) is 42.0 Å². The van der Waals surface area contributed by atoms with E-state index >= 15 is 0 Å². The van der Waals surface area contributed by atoms with Gasteiger partial charge >= 0.3 is 0 Å². The summed E-state index contributed by atoms with van der Waals surface area (Å²) in [6.45, 7) is 12.6. The number of aliphatic hydroxyl groups is 1. The lowest BCUT2D eigenvalue weighted by Crippen LogP contribution is -2.61. The molecule has 9 unspecified atom stereocenters. The molecule has 5 nitrogen and oxygen atoms in total. The van der Waals surface area contributed by atoms with Crippen LogP contribution in [0.3, 0.4) is 0 Å². The van der Waals surface area contributed by atoms with E-state index in [1.807, 2.05) is 12.3 Å². The highest BCUT2D eigenvalue weighted by atomic mass is 16.3. The zero-order chi connectivity index (χ0) is 28.1. The summed E-state index contributed by atoms with van der Waals surface area (Å²) in [4.78, 5) is 18.1. The summed E-state index contributed by atoms with van der Waals surface area (Å²) in [7, 11) is 0. The number of aromatic nitrogens is 1. The number of aliphatic hydroxyl groups excluding tert-OH is 1. The minimum atomic E-state index is -0.531. The molecule has 0 spiro atoms. The van der Waals surface area contributed by atoms with E-state index in [9.17, 15) is 9.90 Å². The Morgan fingerprint density at radius 1 is 1.08 bits per heavy atom. The molecule has 1 aromatic rings. The van der Waals surface area contributed by atoms with Gasteiger partial charge in [0.15, 0.2) is 0 Å². The lowest BCUT2D eigenvalue weighted by molar-refractivity contribution is -0.147. The summed E-state index contributed by atoms with van der Waals surface area (Å²) in [5, 5.41) is 14.2. The molecule has 1 amide bonds. The maximum Gasteiger partial charge on any atom is 0.226 e. The minimum Gasteiger partial charge on any atom is -0.391 e. The van der Waals surface area contributed by atoms with E-state index in [0.717, 1.165) is 38.5 Å². The molecule has 218 valence electrons. The molecule has 1 heterocycles. The van der Waals surface area contributed by atoms with Crippen LogP contribution in [-0.4, -0.2) is 34.2 Å². The number of fused-ring (bicyclic) bond motifs is 3. The fourth-order valence-corrected chi connectivity index (χ4v) is 10.4. The van der Waals surface area contributed by atoms with Crippen LogP contribution in [0.15, 0.2) is 24.5 Å². The second-order valence-electron chi connectivity index (χ2n) is 15.3. The average Bonchev–Trinajstić information content (AvgIpc) is 3.35. The third-order valence-corrected chi connectivity index (χ3v) is 13.0. The number of nitrogens with one attached hydrogen (secondary N) is 1. The summed E-state index contributed by atoms with van der Waals surface area (Å²) < 4.78 is 0. The fraction of sp³-hybridized carbons (Fsp3) is 0.824. The highest BCUT2D eigenvalue weighted by Crippen LogP contribution is 2.65. The zero-order valence-electron chi connectivity index (χ0n) is 25.3. The molecule has 9 atom stereocenters. The SMILES string of the molecule is CC1CCC2C3CCCC3(C(=O)NCCc3cccnc3)CCC2C1(C)CCC1C(C)(C)CCC(O)C1(C)N. The van der Waals surface area contributed by atoms with Crippen molar-refractivity contribution in [2.24, 2.45) is 51.6 Å². The number of nitrogens with two attached hydrogens (primary N) is 1. The molecule has 0 aliphatic heterocycles. The van der Waals surface area contributed by atoms with Gasteiger partial charge in [-0.25, -0.2) is 0 Å². The highest BCUT2D eigenvalue weighted by Gasteiger charge is 2.60. The Kier molecular flexibility index (Phi) is 8.00. The Hall–Kier alpha value is -1.46. The van der Waals surface area contributed by atoms with E-state index in [4.69, 9.17) is 5.73 Å². The van der Waals surface area contributed by atoms with Crippen LogP contribution in [0.4, 0.5) is 0 Å². The molecule has 0 aromatic carbocycles. The van der Waals surface area contributed by atoms with Crippen molar-refractivity contribution in [1.29, 1.82) is 0 Å². The minimum absolute atomic E-state index is 0.150. The number of pyridine rings is 1. The molecular formula is C34H55N3O2. The van der Waals surface area contributed by atoms with Crippen LogP contribution < -0.4 is 11.1 Å². The molecule has 1 aromatic heterocycles. The van der Waals surface area contributed by atoms with Gasteiger partial charge in [0.25, 0.3) is 0 Å². The summed E-state index contributed by atoms with van der Waals surface area (Å²) >= 11 is 0. The van der Waals surface area contributed by atoms with Crippen LogP contribution in [0.25, 0.3) is 0 Å². The number of carbonyl (C=O) groups is 1. The molecule has 39 heavy (non-hydrogen) atoms. The molecule has 0 bridgehead atoms. The molecular weight excluding hydrogens is 482 g/mol. The molecule has 5 heteroatoms. The van der Waals surface area contributed by atoms with E-state index < -0.39 is 11.6 Å². The lowest BCUT2D eigenvalue weighted by atomic mass is 9.46. The van der Waals surface area contributed by atoms with Crippen LogP contribution in [-0.2, 0) is 11.2 Å². The largest absolute Gasteiger partial charge is 0.391 e. The first-order valence-corrected chi connectivity index (χ1v) is 16.1. The first-order valence-electron chi connectivity index (χ1n) is 16.1.